The first kappa shape index (κ1) is 24.6. The van der Waals surface area contributed by atoms with Crippen molar-refractivity contribution in [1.82, 2.24) is 16.0 Å². The van der Waals surface area contributed by atoms with Crippen molar-refractivity contribution >= 4 is 11.8 Å². The van der Waals surface area contributed by atoms with Gasteiger partial charge < -0.3 is 16.0 Å². The number of amides is 2. The number of halogens is 1. The summed E-state index contributed by atoms with van der Waals surface area (Å²) in [6, 6.07) is 25.2. The first-order chi connectivity index (χ1) is 17.1. The predicted molar refractivity (Wildman–Crippen MR) is 135 cm³/mol. The van der Waals surface area contributed by atoms with E-state index in [1.54, 1.807) is 12.1 Å². The van der Waals surface area contributed by atoms with Gasteiger partial charge >= 0.3 is 0 Å². The predicted octanol–water partition coefficient (Wildman–Crippen LogP) is 4.56. The van der Waals surface area contributed by atoms with Gasteiger partial charge in [-0.3, -0.25) is 9.59 Å². The molecule has 4 rings (SSSR count). The van der Waals surface area contributed by atoms with Crippen molar-refractivity contribution in [2.24, 2.45) is 0 Å². The van der Waals surface area contributed by atoms with E-state index in [9.17, 15) is 14.0 Å². The zero-order valence-corrected chi connectivity index (χ0v) is 19.8. The molecule has 1 aliphatic rings. The Morgan fingerprint density at radius 2 is 1.57 bits per heavy atom. The fraction of sp³-hybridized carbons (Fsp3) is 0.310. The molecule has 5 nitrogen and oxygen atoms in total. The monoisotopic (exact) mass is 473 g/mol. The molecule has 2 amide bonds. The van der Waals surface area contributed by atoms with Crippen LogP contribution in [0, 0.1) is 5.82 Å². The second-order valence-corrected chi connectivity index (χ2v) is 9.05. The molecule has 3 aromatic carbocycles. The van der Waals surface area contributed by atoms with E-state index in [2.05, 4.69) is 16.0 Å². The van der Waals surface area contributed by atoms with E-state index in [0.29, 0.717) is 30.5 Å². The lowest BCUT2D eigenvalue weighted by atomic mass is 10.1. The van der Waals surface area contributed by atoms with Crippen molar-refractivity contribution in [3.05, 3.63) is 107 Å². The highest BCUT2D eigenvalue weighted by atomic mass is 19.1. The van der Waals surface area contributed by atoms with Gasteiger partial charge in [-0.05, 0) is 67.6 Å². The van der Waals surface area contributed by atoms with Gasteiger partial charge in [0.25, 0.3) is 5.91 Å². The summed E-state index contributed by atoms with van der Waals surface area (Å²) in [6.45, 7) is 1.26. The van der Waals surface area contributed by atoms with E-state index in [1.165, 1.54) is 17.7 Å². The molecule has 0 radical (unpaired) electrons. The molecule has 0 aliphatic heterocycles. The van der Waals surface area contributed by atoms with E-state index in [1.807, 2.05) is 60.7 Å². The maximum absolute atomic E-state index is 13.1. The SMILES string of the molecule is O=C(NC(CCCCNC1CC1c1ccc(F)cc1)C(=O)NCc1ccccc1)c1ccccc1. The van der Waals surface area contributed by atoms with E-state index in [-0.39, 0.29) is 17.6 Å². The highest BCUT2D eigenvalue weighted by Gasteiger charge is 2.37. The van der Waals surface area contributed by atoms with Crippen LogP contribution in [0.2, 0.25) is 0 Å². The second kappa shape index (κ2) is 12.3. The third kappa shape index (κ3) is 7.49. The average Bonchev–Trinajstić information content (AvgIpc) is 3.67. The maximum Gasteiger partial charge on any atom is 0.251 e. The van der Waals surface area contributed by atoms with Crippen LogP contribution in [-0.4, -0.2) is 30.4 Å². The summed E-state index contributed by atoms with van der Waals surface area (Å²) in [6.07, 6.45) is 3.33. The molecule has 6 heteroatoms. The van der Waals surface area contributed by atoms with Gasteiger partial charge in [0.15, 0.2) is 0 Å². The quantitative estimate of drug-likeness (QED) is 0.338. The van der Waals surface area contributed by atoms with Crippen LogP contribution in [0.3, 0.4) is 0 Å². The Morgan fingerprint density at radius 3 is 2.29 bits per heavy atom. The molecule has 3 unspecified atom stereocenters. The molecular weight excluding hydrogens is 441 g/mol. The van der Waals surface area contributed by atoms with Crippen LogP contribution >= 0.6 is 0 Å². The fourth-order valence-electron chi connectivity index (χ4n) is 4.27. The van der Waals surface area contributed by atoms with Crippen molar-refractivity contribution in [3.63, 3.8) is 0 Å². The lowest BCUT2D eigenvalue weighted by Gasteiger charge is -2.19. The molecule has 3 N–H and O–H groups in total. The van der Waals surface area contributed by atoms with Gasteiger partial charge in [0.2, 0.25) is 5.91 Å². The first-order valence-electron chi connectivity index (χ1n) is 12.3. The number of carbonyl (C=O) groups excluding carboxylic acids is 2. The number of benzene rings is 3. The molecule has 1 fully saturated rings. The van der Waals surface area contributed by atoms with Gasteiger partial charge in [-0.25, -0.2) is 4.39 Å². The summed E-state index contributed by atoms with van der Waals surface area (Å²) in [4.78, 5) is 25.6. The molecule has 1 saturated carbocycles. The second-order valence-electron chi connectivity index (χ2n) is 9.05. The summed E-state index contributed by atoms with van der Waals surface area (Å²) >= 11 is 0. The zero-order valence-electron chi connectivity index (χ0n) is 19.8. The molecule has 1 aliphatic carbocycles. The van der Waals surface area contributed by atoms with Crippen LogP contribution in [-0.2, 0) is 11.3 Å². The van der Waals surface area contributed by atoms with Crippen LogP contribution < -0.4 is 16.0 Å². The van der Waals surface area contributed by atoms with Crippen molar-refractivity contribution in [2.45, 2.75) is 50.2 Å². The van der Waals surface area contributed by atoms with Gasteiger partial charge in [-0.15, -0.1) is 0 Å². The lowest BCUT2D eigenvalue weighted by molar-refractivity contribution is -0.123. The number of hydrogen-bond donors (Lipinski definition) is 3. The Morgan fingerprint density at radius 1 is 0.886 bits per heavy atom. The topological polar surface area (TPSA) is 70.2 Å². The summed E-state index contributed by atoms with van der Waals surface area (Å²) < 4.78 is 13.1. The number of hydrogen-bond acceptors (Lipinski definition) is 3. The summed E-state index contributed by atoms with van der Waals surface area (Å²) in [5.74, 6) is -0.189. The molecule has 3 aromatic rings. The highest BCUT2D eigenvalue weighted by Crippen LogP contribution is 2.40. The lowest BCUT2D eigenvalue weighted by Crippen LogP contribution is -2.46. The summed E-state index contributed by atoms with van der Waals surface area (Å²) in [5.41, 5.74) is 2.72. The molecule has 35 heavy (non-hydrogen) atoms. The van der Waals surface area contributed by atoms with Gasteiger partial charge in [0.1, 0.15) is 11.9 Å². The van der Waals surface area contributed by atoms with Crippen molar-refractivity contribution in [3.8, 4) is 0 Å². The number of unbranched alkanes of at least 4 members (excludes halogenated alkanes) is 1. The van der Waals surface area contributed by atoms with E-state index in [0.717, 1.165) is 31.4 Å². The number of nitrogens with one attached hydrogen (secondary N) is 3. The third-order valence-electron chi connectivity index (χ3n) is 6.38. The van der Waals surface area contributed by atoms with Crippen LogP contribution in [0.15, 0.2) is 84.9 Å². The minimum absolute atomic E-state index is 0.176. The molecule has 0 saturated heterocycles. The Balaban J connectivity index is 1.24. The Hall–Kier alpha value is -3.51. The molecule has 3 atom stereocenters. The molecule has 0 heterocycles. The number of carbonyl (C=O) groups is 2. The van der Waals surface area contributed by atoms with Crippen molar-refractivity contribution in [2.75, 3.05) is 6.54 Å². The Kier molecular flexibility index (Phi) is 8.63. The van der Waals surface area contributed by atoms with Crippen LogP contribution in [0.4, 0.5) is 4.39 Å². The van der Waals surface area contributed by atoms with E-state index < -0.39 is 6.04 Å². The standard InChI is InChI=1S/C29H32FN3O2/c30-24-16-14-22(15-17-24)25-19-27(25)31-18-8-7-13-26(33-28(34)23-11-5-2-6-12-23)29(35)32-20-21-9-3-1-4-10-21/h1-6,9-12,14-17,25-27,31H,7-8,13,18-20H2,(H,32,35)(H,33,34). The molecule has 0 spiro atoms. The smallest absolute Gasteiger partial charge is 0.251 e. The molecule has 0 aromatic heterocycles. The average molecular weight is 474 g/mol. The third-order valence-corrected chi connectivity index (χ3v) is 6.38. The van der Waals surface area contributed by atoms with Gasteiger partial charge in [-0.2, -0.15) is 0 Å². The highest BCUT2D eigenvalue weighted by molar-refractivity contribution is 5.97. The number of rotatable bonds is 12. The van der Waals surface area contributed by atoms with Gasteiger partial charge in [0.05, 0.1) is 0 Å². The minimum atomic E-state index is -0.598. The largest absolute Gasteiger partial charge is 0.350 e. The van der Waals surface area contributed by atoms with Crippen molar-refractivity contribution < 1.29 is 14.0 Å². The minimum Gasteiger partial charge on any atom is -0.350 e. The van der Waals surface area contributed by atoms with E-state index >= 15 is 0 Å². The molecule has 0 bridgehead atoms. The Bertz CT molecular complexity index is 1090. The van der Waals surface area contributed by atoms with E-state index in [4.69, 9.17) is 0 Å². The summed E-state index contributed by atoms with van der Waals surface area (Å²) in [7, 11) is 0. The van der Waals surface area contributed by atoms with Gasteiger partial charge in [-0.1, -0.05) is 60.7 Å². The van der Waals surface area contributed by atoms with Gasteiger partial charge in [0, 0.05) is 24.1 Å². The zero-order chi connectivity index (χ0) is 24.5. The molecular formula is C29H32FN3O2. The summed E-state index contributed by atoms with van der Waals surface area (Å²) in [5, 5.41) is 9.42. The fourth-order valence-corrected chi connectivity index (χ4v) is 4.27. The first-order valence-corrected chi connectivity index (χ1v) is 12.3. The normalized spacial score (nSPS) is 17.4. The molecule has 182 valence electrons. The van der Waals surface area contributed by atoms with Crippen LogP contribution in [0.1, 0.15) is 53.1 Å². The Labute approximate surface area is 206 Å². The maximum atomic E-state index is 13.1. The van der Waals surface area contributed by atoms with Crippen LogP contribution in [0.5, 0.6) is 0 Å². The van der Waals surface area contributed by atoms with Crippen LogP contribution in [0.25, 0.3) is 0 Å². The van der Waals surface area contributed by atoms with Crippen molar-refractivity contribution in [1.29, 1.82) is 0 Å².